The number of aromatic nitrogens is 2. The first kappa shape index (κ1) is 15.1. The first-order valence-corrected chi connectivity index (χ1v) is 6.58. The fourth-order valence-corrected chi connectivity index (χ4v) is 2.02. The molecule has 0 radical (unpaired) electrons. The van der Waals surface area contributed by atoms with Gasteiger partial charge in [0.15, 0.2) is 0 Å². The second-order valence-corrected chi connectivity index (χ2v) is 4.81. The number of halogens is 2. The summed E-state index contributed by atoms with van der Waals surface area (Å²) in [6.07, 6.45) is 0.719. The third-order valence-electron chi connectivity index (χ3n) is 3.11. The monoisotopic (exact) mass is 259 g/mol. The smallest absolute Gasteiger partial charge is 0.280 e. The summed E-state index contributed by atoms with van der Waals surface area (Å²) < 4.78 is 27.9. The molecule has 5 heteroatoms. The van der Waals surface area contributed by atoms with E-state index in [1.807, 2.05) is 27.7 Å². The Morgan fingerprint density at radius 1 is 1.28 bits per heavy atom. The first-order valence-electron chi connectivity index (χ1n) is 6.58. The molecular weight excluding hydrogens is 236 g/mol. The van der Waals surface area contributed by atoms with E-state index in [0.717, 1.165) is 12.8 Å². The molecule has 1 heterocycles. The first-order chi connectivity index (χ1) is 8.51. The zero-order valence-electron chi connectivity index (χ0n) is 11.6. The lowest BCUT2D eigenvalue weighted by Crippen LogP contribution is -2.23. The van der Waals surface area contributed by atoms with E-state index in [-0.39, 0.29) is 17.8 Å². The van der Waals surface area contributed by atoms with Gasteiger partial charge in [0.1, 0.15) is 5.69 Å². The van der Waals surface area contributed by atoms with Gasteiger partial charge < -0.3 is 5.32 Å². The Balaban J connectivity index is 2.98. The maximum atomic E-state index is 13.2. The Bertz CT molecular complexity index is 357. The Labute approximate surface area is 108 Å². The molecule has 1 aromatic heterocycles. The third kappa shape index (κ3) is 3.51. The van der Waals surface area contributed by atoms with Crippen LogP contribution in [0.25, 0.3) is 0 Å². The van der Waals surface area contributed by atoms with E-state index >= 15 is 0 Å². The van der Waals surface area contributed by atoms with Crippen LogP contribution in [0.15, 0.2) is 6.20 Å². The standard InChI is InChI=1S/C13H23F2N3/c1-5-11(6-2)18-12(13(14)15)10(8-17-18)7-16-9(3)4/h8-9,11,13,16H,5-7H2,1-4H3. The van der Waals surface area contributed by atoms with Crippen LogP contribution < -0.4 is 5.32 Å². The van der Waals surface area contributed by atoms with Crippen LogP contribution in [-0.4, -0.2) is 15.8 Å². The van der Waals surface area contributed by atoms with E-state index < -0.39 is 6.43 Å². The summed E-state index contributed by atoms with van der Waals surface area (Å²) in [7, 11) is 0. The van der Waals surface area contributed by atoms with Gasteiger partial charge in [0.2, 0.25) is 0 Å². The molecule has 1 rings (SSSR count). The molecule has 3 nitrogen and oxygen atoms in total. The normalized spacial score (nSPS) is 12.1. The molecule has 0 amide bonds. The molecule has 0 unspecified atom stereocenters. The number of hydrogen-bond acceptors (Lipinski definition) is 2. The SMILES string of the molecule is CCC(CC)n1ncc(CNC(C)C)c1C(F)F. The van der Waals surface area contributed by atoms with Crippen LogP contribution in [0, 0.1) is 0 Å². The lowest BCUT2D eigenvalue weighted by Gasteiger charge is -2.17. The summed E-state index contributed by atoms with van der Waals surface area (Å²) in [6.45, 7) is 8.42. The number of nitrogens with zero attached hydrogens (tertiary/aromatic N) is 2. The second-order valence-electron chi connectivity index (χ2n) is 4.81. The summed E-state index contributed by atoms with van der Waals surface area (Å²) in [5.74, 6) is 0. The average molecular weight is 259 g/mol. The Hall–Kier alpha value is -0.970. The summed E-state index contributed by atoms with van der Waals surface area (Å²) in [6, 6.07) is 0.328. The molecule has 0 saturated carbocycles. The minimum Gasteiger partial charge on any atom is -0.310 e. The molecule has 0 bridgehead atoms. The number of rotatable bonds is 7. The molecule has 1 aromatic rings. The van der Waals surface area contributed by atoms with Gasteiger partial charge in [0, 0.05) is 18.2 Å². The molecular formula is C13H23F2N3. The van der Waals surface area contributed by atoms with Gasteiger partial charge in [-0.15, -0.1) is 0 Å². The Morgan fingerprint density at radius 2 is 1.89 bits per heavy atom. The van der Waals surface area contributed by atoms with Crippen molar-refractivity contribution in [3.8, 4) is 0 Å². The van der Waals surface area contributed by atoms with E-state index in [1.165, 1.54) is 4.68 Å². The van der Waals surface area contributed by atoms with Crippen LogP contribution in [0.2, 0.25) is 0 Å². The van der Waals surface area contributed by atoms with Gasteiger partial charge in [-0.1, -0.05) is 27.7 Å². The highest BCUT2D eigenvalue weighted by molar-refractivity contribution is 5.19. The van der Waals surface area contributed by atoms with Gasteiger partial charge >= 0.3 is 0 Å². The highest BCUT2D eigenvalue weighted by Gasteiger charge is 2.23. The zero-order valence-corrected chi connectivity index (χ0v) is 11.6. The van der Waals surface area contributed by atoms with Crippen LogP contribution in [0.1, 0.15) is 64.3 Å². The van der Waals surface area contributed by atoms with Crippen molar-refractivity contribution in [1.82, 2.24) is 15.1 Å². The van der Waals surface area contributed by atoms with Crippen LogP contribution in [-0.2, 0) is 6.54 Å². The Kier molecular flexibility index (Phi) is 5.72. The fraction of sp³-hybridized carbons (Fsp3) is 0.769. The minimum atomic E-state index is -2.47. The molecule has 0 aliphatic rings. The molecule has 0 spiro atoms. The maximum Gasteiger partial charge on any atom is 0.280 e. The van der Waals surface area contributed by atoms with E-state index in [0.29, 0.717) is 12.1 Å². The molecule has 0 saturated heterocycles. The van der Waals surface area contributed by atoms with Crippen molar-refractivity contribution in [2.24, 2.45) is 0 Å². The van der Waals surface area contributed by atoms with Crippen molar-refractivity contribution in [2.45, 2.75) is 65.6 Å². The van der Waals surface area contributed by atoms with E-state index in [2.05, 4.69) is 10.4 Å². The van der Waals surface area contributed by atoms with Crippen LogP contribution >= 0.6 is 0 Å². The molecule has 0 aromatic carbocycles. The average Bonchev–Trinajstić information content (AvgIpc) is 2.72. The molecule has 0 atom stereocenters. The predicted molar refractivity (Wildman–Crippen MR) is 68.8 cm³/mol. The van der Waals surface area contributed by atoms with Gasteiger partial charge in [-0.05, 0) is 12.8 Å². The van der Waals surface area contributed by atoms with E-state index in [9.17, 15) is 8.78 Å². The fourth-order valence-electron chi connectivity index (χ4n) is 2.02. The van der Waals surface area contributed by atoms with Crippen molar-refractivity contribution < 1.29 is 8.78 Å². The van der Waals surface area contributed by atoms with Crippen molar-refractivity contribution in [3.05, 3.63) is 17.5 Å². The molecule has 1 N–H and O–H groups in total. The largest absolute Gasteiger partial charge is 0.310 e. The van der Waals surface area contributed by atoms with Crippen LogP contribution in [0.3, 0.4) is 0 Å². The lowest BCUT2D eigenvalue weighted by molar-refractivity contribution is 0.133. The van der Waals surface area contributed by atoms with Crippen molar-refractivity contribution in [1.29, 1.82) is 0 Å². The van der Waals surface area contributed by atoms with Gasteiger partial charge in [-0.25, -0.2) is 8.78 Å². The summed E-state index contributed by atoms with van der Waals surface area (Å²) in [5, 5.41) is 7.31. The molecule has 104 valence electrons. The highest BCUT2D eigenvalue weighted by atomic mass is 19.3. The predicted octanol–water partition coefficient (Wildman–Crippen LogP) is 3.68. The summed E-state index contributed by atoms with van der Waals surface area (Å²) in [4.78, 5) is 0. The minimum absolute atomic E-state index is 0.0572. The molecule has 0 aliphatic heterocycles. The van der Waals surface area contributed by atoms with Gasteiger partial charge in [0.05, 0.1) is 12.2 Å². The number of alkyl halides is 2. The summed E-state index contributed by atoms with van der Waals surface area (Å²) >= 11 is 0. The number of nitrogens with one attached hydrogen (secondary N) is 1. The molecule has 18 heavy (non-hydrogen) atoms. The van der Waals surface area contributed by atoms with Crippen LogP contribution in [0.5, 0.6) is 0 Å². The van der Waals surface area contributed by atoms with Crippen molar-refractivity contribution in [3.63, 3.8) is 0 Å². The Morgan fingerprint density at radius 3 is 2.33 bits per heavy atom. The van der Waals surface area contributed by atoms with Crippen LogP contribution in [0.4, 0.5) is 8.78 Å². The highest BCUT2D eigenvalue weighted by Crippen LogP contribution is 2.28. The van der Waals surface area contributed by atoms with Gasteiger partial charge in [0.25, 0.3) is 6.43 Å². The third-order valence-corrected chi connectivity index (χ3v) is 3.11. The van der Waals surface area contributed by atoms with Crippen molar-refractivity contribution in [2.75, 3.05) is 0 Å². The summed E-state index contributed by atoms with van der Waals surface area (Å²) in [5.41, 5.74) is 0.669. The maximum absolute atomic E-state index is 13.2. The zero-order chi connectivity index (χ0) is 13.7. The van der Waals surface area contributed by atoms with E-state index in [4.69, 9.17) is 0 Å². The quantitative estimate of drug-likeness (QED) is 0.809. The van der Waals surface area contributed by atoms with Gasteiger partial charge in [-0.3, -0.25) is 4.68 Å². The molecule has 0 aliphatic carbocycles. The molecule has 0 fully saturated rings. The topological polar surface area (TPSA) is 29.9 Å². The van der Waals surface area contributed by atoms with Gasteiger partial charge in [-0.2, -0.15) is 5.10 Å². The number of hydrogen-bond donors (Lipinski definition) is 1. The van der Waals surface area contributed by atoms with Crippen molar-refractivity contribution >= 4 is 0 Å². The van der Waals surface area contributed by atoms with E-state index in [1.54, 1.807) is 6.20 Å². The second kappa shape index (κ2) is 6.83. The lowest BCUT2D eigenvalue weighted by atomic mass is 10.1.